The maximum atomic E-state index is 13.7. The van der Waals surface area contributed by atoms with E-state index in [1.807, 2.05) is 0 Å². The average Bonchev–Trinajstić information content (AvgIpc) is 3.63. The summed E-state index contributed by atoms with van der Waals surface area (Å²) in [5.74, 6) is 1.25. The second kappa shape index (κ2) is 12.2. The maximum absolute atomic E-state index is 13.7. The van der Waals surface area contributed by atoms with Gasteiger partial charge in [-0.3, -0.25) is 4.79 Å². The van der Waals surface area contributed by atoms with Crippen molar-refractivity contribution in [2.45, 2.75) is 48.7 Å². The second-order valence-corrected chi connectivity index (χ2v) is 10.7. The van der Waals surface area contributed by atoms with Crippen molar-refractivity contribution in [3.8, 4) is 39.9 Å². The topological polar surface area (TPSA) is 225 Å². The molecule has 0 amide bonds. The maximum Gasteiger partial charge on any atom is 0.231 e. The summed E-state index contributed by atoms with van der Waals surface area (Å²) in [6.07, 6.45) is -9.85. The minimum Gasteiger partial charge on any atom is -0.496 e. The molecule has 0 aliphatic carbocycles. The summed E-state index contributed by atoms with van der Waals surface area (Å²) in [7, 11) is 2.77. The molecule has 3 aromatic rings. The van der Waals surface area contributed by atoms with Crippen LogP contribution in [0.3, 0.4) is 0 Å². The number of aliphatic hydroxyl groups is 6. The van der Waals surface area contributed by atoms with Crippen LogP contribution in [-0.2, 0) is 14.2 Å². The lowest BCUT2D eigenvalue weighted by molar-refractivity contribution is -0.319. The number of rotatable bonds is 9. The fourth-order valence-corrected chi connectivity index (χ4v) is 5.36. The summed E-state index contributed by atoms with van der Waals surface area (Å²) in [4.78, 5) is 13.7. The Morgan fingerprint density at radius 3 is 2.31 bits per heavy atom. The Morgan fingerprint density at radius 2 is 1.64 bits per heavy atom. The first-order valence-electron chi connectivity index (χ1n) is 13.8. The van der Waals surface area contributed by atoms with Gasteiger partial charge in [0.2, 0.25) is 18.5 Å². The lowest BCUT2D eigenvalue weighted by Crippen LogP contribution is -2.62. The first-order chi connectivity index (χ1) is 21.6. The molecule has 0 radical (unpaired) electrons. The molecular weight excluding hydrogens is 604 g/mol. The number of hydrogen-bond donors (Lipinski definition) is 6. The molecule has 0 unspecified atom stereocenters. The standard InChI is InChI=1S/C29H32O16/c1-37-15-5-19-18(41-11-42-19)3-12(15)14-8-39-16-6-20(17(38-2)4-13(16)22(14)32)43-27-25(24(34)23(33)21(7-30)44-27)45-28-26(35)29(36,9-31)10-40-28/h3-6,8,21,23-28,30-31,33-36H,7,9-11H2,1-2H3/t21-,23-,24+,25-,26+,27-,28+,29-/m1/s1. The summed E-state index contributed by atoms with van der Waals surface area (Å²) in [5.41, 5.74) is -1.82. The Balaban J connectivity index is 1.34. The van der Waals surface area contributed by atoms with Crippen LogP contribution in [0.15, 0.2) is 39.7 Å². The van der Waals surface area contributed by atoms with E-state index in [9.17, 15) is 35.4 Å². The number of aliphatic hydroxyl groups excluding tert-OH is 5. The normalized spacial score (nSPS) is 30.9. The van der Waals surface area contributed by atoms with Crippen LogP contribution in [-0.4, -0.2) is 120 Å². The summed E-state index contributed by atoms with van der Waals surface area (Å²) in [6.45, 7) is -1.99. The van der Waals surface area contributed by atoms with Gasteiger partial charge in [-0.15, -0.1) is 0 Å². The molecule has 6 rings (SSSR count). The van der Waals surface area contributed by atoms with Crippen molar-refractivity contribution < 1.29 is 73.0 Å². The van der Waals surface area contributed by atoms with Crippen molar-refractivity contribution in [2.75, 3.05) is 40.8 Å². The van der Waals surface area contributed by atoms with Gasteiger partial charge in [0, 0.05) is 17.7 Å². The molecule has 0 spiro atoms. The number of fused-ring (bicyclic) bond motifs is 2. The van der Waals surface area contributed by atoms with E-state index in [1.54, 1.807) is 12.1 Å². The molecule has 6 N–H and O–H groups in total. The highest BCUT2D eigenvalue weighted by atomic mass is 16.8. The van der Waals surface area contributed by atoms with Gasteiger partial charge in [-0.2, -0.15) is 0 Å². The number of benzene rings is 2. The van der Waals surface area contributed by atoms with Gasteiger partial charge in [-0.25, -0.2) is 0 Å². The summed E-state index contributed by atoms with van der Waals surface area (Å²) in [6, 6.07) is 5.93. The monoisotopic (exact) mass is 636 g/mol. The third kappa shape index (κ3) is 5.43. The van der Waals surface area contributed by atoms with Crippen molar-refractivity contribution >= 4 is 11.0 Å². The number of methoxy groups -OCH3 is 2. The zero-order chi connectivity index (χ0) is 32.0. The Morgan fingerprint density at radius 1 is 0.911 bits per heavy atom. The highest BCUT2D eigenvalue weighted by Gasteiger charge is 2.53. The summed E-state index contributed by atoms with van der Waals surface area (Å²) in [5, 5.41) is 61.5. The van der Waals surface area contributed by atoms with Gasteiger partial charge >= 0.3 is 0 Å². The molecular formula is C29H32O16. The minimum absolute atomic E-state index is 0.0268. The van der Waals surface area contributed by atoms with Crippen LogP contribution in [0.1, 0.15) is 0 Å². The van der Waals surface area contributed by atoms with Crippen molar-refractivity contribution in [3.05, 3.63) is 40.8 Å². The molecule has 3 aliphatic rings. The fraction of sp³-hybridized carbons (Fsp3) is 0.483. The van der Waals surface area contributed by atoms with E-state index in [0.717, 1.165) is 0 Å². The van der Waals surface area contributed by atoms with E-state index in [2.05, 4.69) is 0 Å². The van der Waals surface area contributed by atoms with Crippen LogP contribution < -0.4 is 29.1 Å². The largest absolute Gasteiger partial charge is 0.496 e. The zero-order valence-corrected chi connectivity index (χ0v) is 24.0. The molecule has 2 fully saturated rings. The van der Waals surface area contributed by atoms with E-state index >= 15 is 0 Å². The van der Waals surface area contributed by atoms with Gasteiger partial charge in [0.25, 0.3) is 0 Å². The fourth-order valence-electron chi connectivity index (χ4n) is 5.36. The van der Waals surface area contributed by atoms with E-state index < -0.39 is 74.0 Å². The van der Waals surface area contributed by atoms with E-state index in [0.29, 0.717) is 22.8 Å². The SMILES string of the molecule is COc1cc2c(=O)c(-c3cc4c(cc3OC)OCO4)coc2cc1O[C@@H]1O[C@H](CO)[C@@H](O)[C@H](O)[C@H]1O[C@@H]1OC[C@](O)(CO)[C@H]1O. The number of hydrogen-bond acceptors (Lipinski definition) is 16. The molecule has 2 aromatic carbocycles. The molecule has 8 atom stereocenters. The van der Waals surface area contributed by atoms with Crippen LogP contribution in [0.25, 0.3) is 22.1 Å². The molecule has 16 heteroatoms. The Hall–Kier alpha value is -3.71. The number of ether oxygens (including phenoxy) is 8. The molecule has 0 saturated carbocycles. The van der Waals surface area contributed by atoms with Crippen LogP contribution in [0.2, 0.25) is 0 Å². The van der Waals surface area contributed by atoms with E-state index in [1.165, 1.54) is 32.6 Å². The zero-order valence-electron chi connectivity index (χ0n) is 24.0. The molecule has 16 nitrogen and oxygen atoms in total. The van der Waals surface area contributed by atoms with Gasteiger partial charge < -0.3 is 73.0 Å². The highest BCUT2D eigenvalue weighted by Crippen LogP contribution is 2.43. The predicted molar refractivity (Wildman–Crippen MR) is 148 cm³/mol. The van der Waals surface area contributed by atoms with Crippen molar-refractivity contribution in [3.63, 3.8) is 0 Å². The third-order valence-corrected chi connectivity index (χ3v) is 7.98. The Bertz CT molecular complexity index is 1610. The molecule has 0 bridgehead atoms. The molecule has 1 aromatic heterocycles. The van der Waals surface area contributed by atoms with Crippen LogP contribution >= 0.6 is 0 Å². The lowest BCUT2D eigenvalue weighted by Gasteiger charge is -2.42. The van der Waals surface area contributed by atoms with Crippen molar-refractivity contribution in [2.24, 2.45) is 0 Å². The van der Waals surface area contributed by atoms with Crippen LogP contribution in [0, 0.1) is 0 Å². The molecule has 2 saturated heterocycles. The third-order valence-electron chi connectivity index (χ3n) is 7.98. The van der Waals surface area contributed by atoms with E-state index in [4.69, 9.17) is 42.3 Å². The molecule has 4 heterocycles. The highest BCUT2D eigenvalue weighted by molar-refractivity contribution is 5.86. The van der Waals surface area contributed by atoms with Gasteiger partial charge in [0.15, 0.2) is 35.4 Å². The summed E-state index contributed by atoms with van der Waals surface area (Å²) < 4.78 is 50.3. The van der Waals surface area contributed by atoms with Gasteiger partial charge in [0.1, 0.15) is 47.6 Å². The van der Waals surface area contributed by atoms with E-state index in [-0.39, 0.29) is 34.8 Å². The summed E-state index contributed by atoms with van der Waals surface area (Å²) >= 11 is 0. The van der Waals surface area contributed by atoms with Gasteiger partial charge in [0.05, 0.1) is 45.0 Å². The van der Waals surface area contributed by atoms with Crippen LogP contribution in [0.4, 0.5) is 0 Å². The first-order valence-corrected chi connectivity index (χ1v) is 13.8. The molecule has 244 valence electrons. The smallest absolute Gasteiger partial charge is 0.231 e. The van der Waals surface area contributed by atoms with Crippen molar-refractivity contribution in [1.82, 2.24) is 0 Å². The van der Waals surface area contributed by atoms with Crippen molar-refractivity contribution in [1.29, 1.82) is 0 Å². The Labute approximate surface area is 254 Å². The molecule has 45 heavy (non-hydrogen) atoms. The van der Waals surface area contributed by atoms with Gasteiger partial charge in [-0.1, -0.05) is 0 Å². The lowest BCUT2D eigenvalue weighted by atomic mass is 9.98. The Kier molecular flexibility index (Phi) is 8.51. The average molecular weight is 637 g/mol. The molecule has 3 aliphatic heterocycles. The van der Waals surface area contributed by atoms with Crippen LogP contribution in [0.5, 0.6) is 28.7 Å². The minimum atomic E-state index is -2.03. The van der Waals surface area contributed by atoms with Gasteiger partial charge in [-0.05, 0) is 12.1 Å². The quantitative estimate of drug-likeness (QED) is 0.163. The second-order valence-electron chi connectivity index (χ2n) is 10.7. The predicted octanol–water partition coefficient (Wildman–Crippen LogP) is -1.15. The first kappa shape index (κ1) is 31.3.